The summed E-state index contributed by atoms with van der Waals surface area (Å²) in [5, 5.41) is 13.4. The van der Waals surface area contributed by atoms with Gasteiger partial charge in [-0.05, 0) is 26.0 Å². The predicted molar refractivity (Wildman–Crippen MR) is 73.5 cm³/mol. The Hall–Kier alpha value is -1.66. The molecule has 0 amide bonds. The van der Waals surface area contributed by atoms with Crippen LogP contribution in [0, 0.1) is 12.7 Å². The van der Waals surface area contributed by atoms with Gasteiger partial charge in [-0.25, -0.2) is 8.91 Å². The monoisotopic (exact) mass is 279 g/mol. The quantitative estimate of drug-likeness (QED) is 0.902. The number of rotatable bonds is 2. The summed E-state index contributed by atoms with van der Waals surface area (Å²) in [4.78, 5) is 2.05. The van der Waals surface area contributed by atoms with E-state index in [0.717, 1.165) is 11.4 Å². The molecule has 0 bridgehead atoms. The molecule has 0 saturated carbocycles. The summed E-state index contributed by atoms with van der Waals surface area (Å²) < 4.78 is 21.3. The molecule has 20 heavy (non-hydrogen) atoms. The van der Waals surface area contributed by atoms with Crippen molar-refractivity contribution < 1.29 is 14.2 Å². The fourth-order valence-electron chi connectivity index (χ4n) is 2.77. The highest BCUT2D eigenvalue weighted by atomic mass is 19.1. The molecule has 1 fully saturated rings. The first-order valence-electron chi connectivity index (χ1n) is 6.74. The highest BCUT2D eigenvalue weighted by molar-refractivity contribution is 5.74. The number of hydrogen-bond acceptors (Lipinski definition) is 4. The summed E-state index contributed by atoms with van der Waals surface area (Å²) >= 11 is 0. The Labute approximate surface area is 116 Å². The van der Waals surface area contributed by atoms with Crippen molar-refractivity contribution in [2.24, 2.45) is 0 Å². The van der Waals surface area contributed by atoms with Crippen LogP contribution >= 0.6 is 0 Å². The zero-order valence-electron chi connectivity index (χ0n) is 11.6. The molecule has 0 aliphatic carbocycles. The number of pyridine rings is 1. The molecule has 108 valence electrons. The maximum atomic E-state index is 14.0. The third kappa shape index (κ3) is 2.14. The van der Waals surface area contributed by atoms with Gasteiger partial charge in [-0.2, -0.15) is 5.10 Å². The maximum absolute atomic E-state index is 14.0. The molecule has 2 aromatic rings. The van der Waals surface area contributed by atoms with E-state index in [-0.39, 0.29) is 24.6 Å². The van der Waals surface area contributed by atoms with E-state index < -0.39 is 0 Å². The van der Waals surface area contributed by atoms with E-state index in [1.54, 1.807) is 4.52 Å². The molecule has 2 atom stereocenters. The van der Waals surface area contributed by atoms with Crippen molar-refractivity contribution in [3.63, 3.8) is 0 Å². The second kappa shape index (κ2) is 5.03. The number of hydrogen-bond donors (Lipinski definition) is 1. The molecule has 1 N–H and O–H groups in total. The van der Waals surface area contributed by atoms with Crippen LogP contribution in [-0.4, -0.2) is 46.6 Å². The van der Waals surface area contributed by atoms with Crippen LogP contribution in [0.5, 0.6) is 0 Å². The first-order valence-corrected chi connectivity index (χ1v) is 6.74. The minimum Gasteiger partial charge on any atom is -0.394 e. The first-order chi connectivity index (χ1) is 9.60. The third-order valence-electron chi connectivity index (χ3n) is 3.65. The summed E-state index contributed by atoms with van der Waals surface area (Å²) in [6, 6.07) is 3.82. The molecule has 0 aromatic carbocycles. The fourth-order valence-corrected chi connectivity index (χ4v) is 2.77. The Morgan fingerprint density at radius 2 is 2.25 bits per heavy atom. The maximum Gasteiger partial charge on any atom is 0.171 e. The summed E-state index contributed by atoms with van der Waals surface area (Å²) in [7, 11) is 0. The number of anilines is 1. The molecule has 0 unspecified atom stereocenters. The summed E-state index contributed by atoms with van der Waals surface area (Å²) in [5.74, 6) is -0.330. The molecule has 1 saturated heterocycles. The van der Waals surface area contributed by atoms with Gasteiger partial charge in [0.15, 0.2) is 5.82 Å². The van der Waals surface area contributed by atoms with E-state index in [0.29, 0.717) is 18.6 Å². The highest BCUT2D eigenvalue weighted by Gasteiger charge is 2.27. The molecule has 0 spiro atoms. The summed E-state index contributed by atoms with van der Waals surface area (Å²) in [5.41, 5.74) is 2.16. The van der Waals surface area contributed by atoms with E-state index in [1.807, 2.05) is 26.0 Å². The SMILES string of the molecule is Cc1ccc(N2C[C@H](CO)O[C@H](C)C2)c2c(F)cnn12. The van der Waals surface area contributed by atoms with Crippen molar-refractivity contribution in [1.82, 2.24) is 9.61 Å². The van der Waals surface area contributed by atoms with E-state index in [9.17, 15) is 9.50 Å². The molecule has 3 rings (SSSR count). The number of morpholine rings is 1. The Bertz CT molecular complexity index is 628. The Balaban J connectivity index is 2.05. The first kappa shape index (κ1) is 13.3. The number of fused-ring (bicyclic) bond motifs is 1. The molecule has 2 aromatic heterocycles. The van der Waals surface area contributed by atoms with Crippen LogP contribution < -0.4 is 4.90 Å². The summed E-state index contributed by atoms with van der Waals surface area (Å²) in [6.45, 7) is 5.02. The lowest BCUT2D eigenvalue weighted by Gasteiger charge is -2.37. The Kier molecular flexibility index (Phi) is 3.35. The molecule has 1 aliphatic rings. The Morgan fingerprint density at radius 3 is 3.00 bits per heavy atom. The number of aliphatic hydroxyl groups excluding tert-OH is 1. The molecule has 1 aliphatic heterocycles. The second-order valence-corrected chi connectivity index (χ2v) is 5.27. The minimum absolute atomic E-state index is 0.00626. The van der Waals surface area contributed by atoms with Crippen LogP contribution in [0.2, 0.25) is 0 Å². The molecular weight excluding hydrogens is 261 g/mol. The van der Waals surface area contributed by atoms with Crippen LogP contribution in [0.15, 0.2) is 18.3 Å². The van der Waals surface area contributed by atoms with Gasteiger partial charge < -0.3 is 14.7 Å². The fraction of sp³-hybridized carbons (Fsp3) is 0.500. The lowest BCUT2D eigenvalue weighted by molar-refractivity contribution is -0.0420. The largest absolute Gasteiger partial charge is 0.394 e. The number of aromatic nitrogens is 2. The van der Waals surface area contributed by atoms with E-state index in [1.165, 1.54) is 6.20 Å². The van der Waals surface area contributed by atoms with Crippen LogP contribution in [0.3, 0.4) is 0 Å². The second-order valence-electron chi connectivity index (χ2n) is 5.27. The Morgan fingerprint density at radius 1 is 1.45 bits per heavy atom. The van der Waals surface area contributed by atoms with Crippen molar-refractivity contribution in [3.8, 4) is 0 Å². The van der Waals surface area contributed by atoms with E-state index in [4.69, 9.17) is 4.74 Å². The van der Waals surface area contributed by atoms with Crippen molar-refractivity contribution in [2.45, 2.75) is 26.1 Å². The van der Waals surface area contributed by atoms with Gasteiger partial charge in [0.2, 0.25) is 0 Å². The number of aryl methyl sites for hydroxylation is 1. The van der Waals surface area contributed by atoms with Gasteiger partial charge >= 0.3 is 0 Å². The zero-order chi connectivity index (χ0) is 14.3. The normalized spacial score (nSPS) is 23.5. The van der Waals surface area contributed by atoms with Crippen molar-refractivity contribution >= 4 is 11.2 Å². The molecule has 3 heterocycles. The smallest absolute Gasteiger partial charge is 0.171 e. The molecule has 0 radical (unpaired) electrons. The lowest BCUT2D eigenvalue weighted by atomic mass is 10.2. The number of halogens is 1. The number of nitrogens with zero attached hydrogens (tertiary/aromatic N) is 3. The molecular formula is C14H18FN3O2. The van der Waals surface area contributed by atoms with Gasteiger partial charge in [-0.1, -0.05) is 0 Å². The third-order valence-corrected chi connectivity index (χ3v) is 3.65. The van der Waals surface area contributed by atoms with Gasteiger partial charge in [-0.15, -0.1) is 0 Å². The molecule has 5 nitrogen and oxygen atoms in total. The lowest BCUT2D eigenvalue weighted by Crippen LogP contribution is -2.48. The van der Waals surface area contributed by atoms with Crippen molar-refractivity contribution in [1.29, 1.82) is 0 Å². The van der Waals surface area contributed by atoms with Crippen LogP contribution in [-0.2, 0) is 4.74 Å². The molecule has 6 heteroatoms. The van der Waals surface area contributed by atoms with Gasteiger partial charge in [-0.3, -0.25) is 0 Å². The van der Waals surface area contributed by atoms with E-state index in [2.05, 4.69) is 10.00 Å². The topological polar surface area (TPSA) is 50.0 Å². The average Bonchev–Trinajstić information content (AvgIpc) is 2.82. The average molecular weight is 279 g/mol. The van der Waals surface area contributed by atoms with Crippen molar-refractivity contribution in [3.05, 3.63) is 29.8 Å². The van der Waals surface area contributed by atoms with Crippen LogP contribution in [0.25, 0.3) is 5.52 Å². The van der Waals surface area contributed by atoms with Gasteiger partial charge in [0.05, 0.1) is 30.7 Å². The van der Waals surface area contributed by atoms with Gasteiger partial charge in [0.1, 0.15) is 5.52 Å². The van der Waals surface area contributed by atoms with Gasteiger partial charge in [0, 0.05) is 18.8 Å². The highest BCUT2D eigenvalue weighted by Crippen LogP contribution is 2.28. The zero-order valence-corrected chi connectivity index (χ0v) is 11.6. The van der Waals surface area contributed by atoms with Gasteiger partial charge in [0.25, 0.3) is 0 Å². The van der Waals surface area contributed by atoms with Crippen LogP contribution in [0.4, 0.5) is 10.1 Å². The van der Waals surface area contributed by atoms with Crippen LogP contribution in [0.1, 0.15) is 12.6 Å². The predicted octanol–water partition coefficient (Wildman–Crippen LogP) is 1.37. The summed E-state index contributed by atoms with van der Waals surface area (Å²) in [6.07, 6.45) is 0.985. The number of aliphatic hydroxyl groups is 1. The standard InChI is InChI=1S/C14H18FN3O2/c1-9-3-4-13(14-12(15)5-16-18(9)14)17-6-10(2)20-11(7-17)8-19/h3-5,10-11,19H,6-8H2,1-2H3/t10-,11-/m1/s1. The number of ether oxygens (including phenoxy) is 1. The van der Waals surface area contributed by atoms with Crippen molar-refractivity contribution in [2.75, 3.05) is 24.6 Å². The van der Waals surface area contributed by atoms with E-state index >= 15 is 0 Å². The minimum atomic E-state index is -0.330.